The Morgan fingerprint density at radius 3 is 2.55 bits per heavy atom. The highest BCUT2D eigenvalue weighted by atomic mass is 32.2. The van der Waals surface area contributed by atoms with Gasteiger partial charge in [0, 0.05) is 49.9 Å². The van der Waals surface area contributed by atoms with Gasteiger partial charge in [0.05, 0.1) is 0 Å². The number of nitrogens with zero attached hydrogens (tertiary/aromatic N) is 2. The number of nitrogens with one attached hydrogen (secondary N) is 1. The van der Waals surface area contributed by atoms with Gasteiger partial charge in [0.25, 0.3) is 0 Å². The Kier molecular flexibility index (Phi) is 5.48. The van der Waals surface area contributed by atoms with E-state index in [-0.39, 0.29) is 6.03 Å². The number of thioether (sulfide) groups is 1. The number of carbonyl (C=O) groups excluding carboxylic acids is 1. The van der Waals surface area contributed by atoms with Gasteiger partial charge in [-0.2, -0.15) is 11.8 Å². The predicted octanol–water partition coefficient (Wildman–Crippen LogP) is 2.94. The van der Waals surface area contributed by atoms with Crippen LogP contribution in [0.4, 0.5) is 10.5 Å². The number of hydrogen-bond acceptors (Lipinski definition) is 3. The van der Waals surface area contributed by atoms with Crippen LogP contribution in [-0.4, -0.2) is 48.6 Å². The highest BCUT2D eigenvalue weighted by molar-refractivity contribution is 7.99. The lowest BCUT2D eigenvalue weighted by Crippen LogP contribution is -2.44. The number of para-hydroxylation sites is 1. The highest BCUT2D eigenvalue weighted by Crippen LogP contribution is 2.24. The molecular formula is C17H25N3OS. The first-order chi connectivity index (χ1) is 10.8. The first kappa shape index (κ1) is 15.5. The molecule has 0 saturated carbocycles. The molecule has 0 unspecified atom stereocenters. The van der Waals surface area contributed by atoms with Crippen LogP contribution in [0.5, 0.6) is 0 Å². The van der Waals surface area contributed by atoms with Crippen LogP contribution in [0, 0.1) is 0 Å². The number of carbonyl (C=O) groups is 1. The zero-order valence-electron chi connectivity index (χ0n) is 13.1. The van der Waals surface area contributed by atoms with Crippen molar-refractivity contribution in [2.24, 2.45) is 0 Å². The first-order valence-corrected chi connectivity index (χ1v) is 9.43. The van der Waals surface area contributed by atoms with E-state index in [0.717, 1.165) is 37.7 Å². The molecular weight excluding hydrogens is 294 g/mol. The van der Waals surface area contributed by atoms with E-state index < -0.39 is 0 Å². The van der Waals surface area contributed by atoms with Gasteiger partial charge in [0.1, 0.15) is 0 Å². The maximum atomic E-state index is 12.3. The summed E-state index contributed by atoms with van der Waals surface area (Å²) >= 11 is 1.92. The zero-order chi connectivity index (χ0) is 15.2. The number of benzene rings is 1. The molecule has 1 aromatic carbocycles. The van der Waals surface area contributed by atoms with Gasteiger partial charge in [-0.25, -0.2) is 4.79 Å². The minimum absolute atomic E-state index is 0.0775. The number of hydrogen-bond donors (Lipinski definition) is 1. The summed E-state index contributed by atoms with van der Waals surface area (Å²) in [6.07, 6.45) is 3.88. The van der Waals surface area contributed by atoms with E-state index in [0.29, 0.717) is 6.54 Å². The van der Waals surface area contributed by atoms with E-state index in [1.807, 2.05) is 16.7 Å². The van der Waals surface area contributed by atoms with Crippen molar-refractivity contribution < 1.29 is 4.79 Å². The Labute approximate surface area is 137 Å². The fourth-order valence-corrected chi connectivity index (χ4v) is 4.06. The molecule has 1 N–H and O–H groups in total. The van der Waals surface area contributed by atoms with Crippen molar-refractivity contribution in [1.82, 2.24) is 10.2 Å². The molecule has 2 saturated heterocycles. The van der Waals surface area contributed by atoms with E-state index in [9.17, 15) is 4.79 Å². The molecule has 0 atom stereocenters. The van der Waals surface area contributed by atoms with Crippen molar-refractivity contribution in [3.05, 3.63) is 29.8 Å². The number of anilines is 1. The summed E-state index contributed by atoms with van der Waals surface area (Å²) in [5.41, 5.74) is 2.51. The maximum Gasteiger partial charge on any atom is 0.317 e. The summed E-state index contributed by atoms with van der Waals surface area (Å²) in [7, 11) is 0. The van der Waals surface area contributed by atoms with Crippen molar-refractivity contribution in [1.29, 1.82) is 0 Å². The maximum absolute atomic E-state index is 12.3. The second-order valence-electron chi connectivity index (χ2n) is 5.93. The van der Waals surface area contributed by atoms with Crippen LogP contribution in [0.15, 0.2) is 24.3 Å². The molecule has 0 aromatic heterocycles. The third-order valence-corrected chi connectivity index (χ3v) is 5.36. The van der Waals surface area contributed by atoms with Crippen LogP contribution in [0.3, 0.4) is 0 Å². The molecule has 2 amide bonds. The van der Waals surface area contributed by atoms with Crippen molar-refractivity contribution in [2.45, 2.75) is 25.8 Å². The van der Waals surface area contributed by atoms with Gasteiger partial charge >= 0.3 is 6.03 Å². The van der Waals surface area contributed by atoms with E-state index in [2.05, 4.69) is 34.5 Å². The third kappa shape index (κ3) is 3.88. The molecule has 1 aromatic rings. The van der Waals surface area contributed by atoms with Crippen LogP contribution in [0.2, 0.25) is 0 Å². The molecule has 2 fully saturated rings. The molecule has 2 heterocycles. The van der Waals surface area contributed by atoms with Gasteiger partial charge in [0.2, 0.25) is 0 Å². The second-order valence-corrected chi connectivity index (χ2v) is 7.16. The lowest BCUT2D eigenvalue weighted by Gasteiger charge is -2.31. The van der Waals surface area contributed by atoms with Gasteiger partial charge < -0.3 is 15.1 Å². The second kappa shape index (κ2) is 7.77. The van der Waals surface area contributed by atoms with Gasteiger partial charge in [-0.05, 0) is 30.9 Å². The van der Waals surface area contributed by atoms with Crippen LogP contribution in [0.1, 0.15) is 24.8 Å². The molecule has 120 valence electrons. The normalized spacial score (nSPS) is 19.1. The molecule has 4 nitrogen and oxygen atoms in total. The summed E-state index contributed by atoms with van der Waals surface area (Å²) in [4.78, 5) is 16.6. The quantitative estimate of drug-likeness (QED) is 0.930. The van der Waals surface area contributed by atoms with Crippen molar-refractivity contribution in [3.8, 4) is 0 Å². The SMILES string of the molecule is O=C(NCc1ccccc1N1CCCCC1)N1CCSCC1. The lowest BCUT2D eigenvalue weighted by molar-refractivity contribution is 0.202. The van der Waals surface area contributed by atoms with E-state index >= 15 is 0 Å². The zero-order valence-corrected chi connectivity index (χ0v) is 13.9. The van der Waals surface area contributed by atoms with Crippen molar-refractivity contribution in [3.63, 3.8) is 0 Å². The molecule has 0 aliphatic carbocycles. The van der Waals surface area contributed by atoms with Crippen LogP contribution in [0.25, 0.3) is 0 Å². The van der Waals surface area contributed by atoms with Gasteiger partial charge in [0.15, 0.2) is 0 Å². The molecule has 3 rings (SSSR count). The Balaban J connectivity index is 1.60. The van der Waals surface area contributed by atoms with E-state index in [1.54, 1.807) is 0 Å². The average molecular weight is 319 g/mol. The average Bonchev–Trinajstić information content (AvgIpc) is 2.61. The summed E-state index contributed by atoms with van der Waals surface area (Å²) in [5, 5.41) is 3.10. The summed E-state index contributed by atoms with van der Waals surface area (Å²) in [6.45, 7) is 4.62. The molecule has 2 aliphatic rings. The first-order valence-electron chi connectivity index (χ1n) is 8.28. The van der Waals surface area contributed by atoms with Crippen LogP contribution < -0.4 is 10.2 Å². The minimum Gasteiger partial charge on any atom is -0.371 e. The summed E-state index contributed by atoms with van der Waals surface area (Å²) in [5.74, 6) is 2.11. The van der Waals surface area contributed by atoms with Gasteiger partial charge in [-0.15, -0.1) is 0 Å². The lowest BCUT2D eigenvalue weighted by atomic mass is 10.1. The van der Waals surface area contributed by atoms with Crippen molar-refractivity contribution in [2.75, 3.05) is 42.6 Å². The monoisotopic (exact) mass is 319 g/mol. The topological polar surface area (TPSA) is 35.6 Å². The Morgan fingerprint density at radius 1 is 1.05 bits per heavy atom. The smallest absolute Gasteiger partial charge is 0.317 e. The Hall–Kier alpha value is -1.36. The molecule has 22 heavy (non-hydrogen) atoms. The third-order valence-electron chi connectivity index (χ3n) is 4.42. The minimum atomic E-state index is 0.0775. The molecule has 0 bridgehead atoms. The summed E-state index contributed by atoms with van der Waals surface area (Å²) in [6, 6.07) is 8.55. The number of urea groups is 1. The number of piperidine rings is 1. The molecule has 0 radical (unpaired) electrons. The molecule has 5 heteroatoms. The predicted molar refractivity (Wildman–Crippen MR) is 93.6 cm³/mol. The Bertz CT molecular complexity index is 496. The standard InChI is InChI=1S/C17H25N3OS/c21-17(20-10-12-22-13-11-20)18-14-15-6-2-3-7-16(15)19-8-4-1-5-9-19/h2-3,6-7H,1,4-5,8-14H2,(H,18,21). The van der Waals surface area contributed by atoms with Crippen LogP contribution in [-0.2, 0) is 6.54 Å². The summed E-state index contributed by atoms with van der Waals surface area (Å²) < 4.78 is 0. The molecule has 0 spiro atoms. The fraction of sp³-hybridized carbons (Fsp3) is 0.588. The highest BCUT2D eigenvalue weighted by Gasteiger charge is 2.18. The van der Waals surface area contributed by atoms with Crippen molar-refractivity contribution >= 4 is 23.5 Å². The fourth-order valence-electron chi connectivity index (χ4n) is 3.15. The number of amides is 2. The largest absolute Gasteiger partial charge is 0.371 e. The van der Waals surface area contributed by atoms with E-state index in [4.69, 9.17) is 0 Å². The Morgan fingerprint density at radius 2 is 1.77 bits per heavy atom. The van der Waals surface area contributed by atoms with Crippen LogP contribution >= 0.6 is 11.8 Å². The van der Waals surface area contributed by atoms with Gasteiger partial charge in [-0.1, -0.05) is 18.2 Å². The van der Waals surface area contributed by atoms with Gasteiger partial charge in [-0.3, -0.25) is 0 Å². The van der Waals surface area contributed by atoms with E-state index in [1.165, 1.54) is 30.5 Å². The molecule has 2 aliphatic heterocycles. The number of rotatable bonds is 3.